The van der Waals surface area contributed by atoms with Crippen LogP contribution >= 0.6 is 11.3 Å². The third-order valence-corrected chi connectivity index (χ3v) is 5.92. The van der Waals surface area contributed by atoms with Crippen molar-refractivity contribution in [3.05, 3.63) is 28.4 Å². The van der Waals surface area contributed by atoms with Crippen molar-refractivity contribution in [1.82, 2.24) is 14.9 Å². The molecule has 0 saturated carbocycles. The van der Waals surface area contributed by atoms with E-state index >= 15 is 0 Å². The highest BCUT2D eigenvalue weighted by atomic mass is 32.2. The summed E-state index contributed by atoms with van der Waals surface area (Å²) in [6.45, 7) is 4.15. The molecule has 2 aromatic heterocycles. The molecular formula is C12H17N3O3S2. The first-order valence-electron chi connectivity index (χ1n) is 6.07. The van der Waals surface area contributed by atoms with Crippen LogP contribution in [0.2, 0.25) is 0 Å². The summed E-state index contributed by atoms with van der Waals surface area (Å²) in [5.41, 5.74) is 2.91. The van der Waals surface area contributed by atoms with Crippen molar-refractivity contribution in [3.8, 4) is 5.75 Å². The van der Waals surface area contributed by atoms with Gasteiger partial charge < -0.3 is 4.74 Å². The number of hydrogen-bond donors (Lipinski definition) is 2. The number of thiophene rings is 1. The van der Waals surface area contributed by atoms with E-state index in [2.05, 4.69) is 14.9 Å². The standard InChI is InChI=1S/C12H17N3O3S2/c1-8-10(9(2)15-14-8)4-6-13-20(16,17)12-11(18-3)5-7-19-12/h5,7,13H,4,6H2,1-3H3,(H,14,15). The molecule has 0 aliphatic heterocycles. The van der Waals surface area contributed by atoms with Gasteiger partial charge >= 0.3 is 0 Å². The molecule has 0 fully saturated rings. The van der Waals surface area contributed by atoms with E-state index in [9.17, 15) is 8.42 Å². The van der Waals surface area contributed by atoms with Crippen LogP contribution in [-0.2, 0) is 16.4 Å². The van der Waals surface area contributed by atoms with Crippen LogP contribution in [0.25, 0.3) is 0 Å². The number of methoxy groups -OCH3 is 1. The highest BCUT2D eigenvalue weighted by Crippen LogP contribution is 2.29. The van der Waals surface area contributed by atoms with Gasteiger partial charge in [-0.05, 0) is 37.3 Å². The zero-order chi connectivity index (χ0) is 14.8. The molecule has 2 heterocycles. The van der Waals surface area contributed by atoms with Crippen molar-refractivity contribution in [1.29, 1.82) is 0 Å². The minimum atomic E-state index is -3.53. The van der Waals surface area contributed by atoms with Crippen LogP contribution in [0.4, 0.5) is 0 Å². The van der Waals surface area contributed by atoms with Gasteiger partial charge in [0.2, 0.25) is 0 Å². The molecule has 20 heavy (non-hydrogen) atoms. The predicted molar refractivity (Wildman–Crippen MR) is 77.8 cm³/mol. The smallest absolute Gasteiger partial charge is 0.253 e. The maximum Gasteiger partial charge on any atom is 0.253 e. The molecule has 8 heteroatoms. The Kier molecular flexibility index (Phi) is 4.46. The van der Waals surface area contributed by atoms with Crippen LogP contribution in [0, 0.1) is 13.8 Å². The molecule has 110 valence electrons. The number of aromatic amines is 1. The second-order valence-electron chi connectivity index (χ2n) is 4.34. The molecule has 0 saturated heterocycles. The van der Waals surface area contributed by atoms with Gasteiger partial charge in [0.1, 0.15) is 5.75 Å². The number of rotatable bonds is 6. The fourth-order valence-electron chi connectivity index (χ4n) is 1.95. The lowest BCUT2D eigenvalue weighted by atomic mass is 10.1. The number of H-pyrrole nitrogens is 1. The lowest BCUT2D eigenvalue weighted by Crippen LogP contribution is -2.25. The van der Waals surface area contributed by atoms with E-state index < -0.39 is 10.0 Å². The second-order valence-corrected chi connectivity index (χ2v) is 7.22. The van der Waals surface area contributed by atoms with Gasteiger partial charge in [0.05, 0.1) is 12.8 Å². The molecule has 0 amide bonds. The Bertz CT molecular complexity index is 669. The topological polar surface area (TPSA) is 84.1 Å². The molecule has 0 radical (unpaired) electrons. The molecule has 0 spiro atoms. The summed E-state index contributed by atoms with van der Waals surface area (Å²) in [5.74, 6) is 0.373. The number of hydrogen-bond acceptors (Lipinski definition) is 5. The van der Waals surface area contributed by atoms with Gasteiger partial charge in [0, 0.05) is 12.2 Å². The zero-order valence-electron chi connectivity index (χ0n) is 11.6. The van der Waals surface area contributed by atoms with Crippen molar-refractivity contribution >= 4 is 21.4 Å². The van der Waals surface area contributed by atoms with Crippen molar-refractivity contribution in [2.24, 2.45) is 0 Å². The van der Waals surface area contributed by atoms with E-state index in [4.69, 9.17) is 4.74 Å². The second kappa shape index (κ2) is 5.94. The third kappa shape index (κ3) is 3.02. The van der Waals surface area contributed by atoms with E-state index in [1.54, 1.807) is 11.4 Å². The first kappa shape index (κ1) is 15.0. The Morgan fingerprint density at radius 1 is 1.45 bits per heavy atom. The highest BCUT2D eigenvalue weighted by Gasteiger charge is 2.20. The van der Waals surface area contributed by atoms with Gasteiger partial charge in [-0.25, -0.2) is 13.1 Å². The van der Waals surface area contributed by atoms with Crippen LogP contribution < -0.4 is 9.46 Å². The number of aromatic nitrogens is 2. The van der Waals surface area contributed by atoms with Crippen LogP contribution in [0.5, 0.6) is 5.75 Å². The Morgan fingerprint density at radius 3 is 2.80 bits per heavy atom. The summed E-state index contributed by atoms with van der Waals surface area (Å²) in [6.07, 6.45) is 0.598. The average molecular weight is 315 g/mol. The first-order valence-corrected chi connectivity index (χ1v) is 8.43. The van der Waals surface area contributed by atoms with Gasteiger partial charge in [0.25, 0.3) is 10.0 Å². The monoisotopic (exact) mass is 315 g/mol. The van der Waals surface area contributed by atoms with Crippen molar-refractivity contribution < 1.29 is 13.2 Å². The summed E-state index contributed by atoms with van der Waals surface area (Å²) in [7, 11) is -2.07. The molecule has 0 unspecified atom stereocenters. The number of aryl methyl sites for hydroxylation is 2. The first-order chi connectivity index (χ1) is 9.45. The number of nitrogens with zero attached hydrogens (tertiary/aromatic N) is 1. The summed E-state index contributed by atoms with van der Waals surface area (Å²) < 4.78 is 32.2. The third-order valence-electron chi connectivity index (χ3n) is 3.01. The van der Waals surface area contributed by atoms with Gasteiger partial charge in [0.15, 0.2) is 4.21 Å². The Balaban J connectivity index is 2.04. The minimum absolute atomic E-state index is 0.209. The molecule has 0 aromatic carbocycles. The number of ether oxygens (including phenoxy) is 1. The van der Waals surface area contributed by atoms with Gasteiger partial charge in [-0.3, -0.25) is 5.10 Å². The van der Waals surface area contributed by atoms with Crippen LogP contribution in [0.1, 0.15) is 17.0 Å². The van der Waals surface area contributed by atoms with E-state index in [0.717, 1.165) is 28.3 Å². The normalized spacial score (nSPS) is 11.8. The highest BCUT2D eigenvalue weighted by molar-refractivity contribution is 7.91. The summed E-state index contributed by atoms with van der Waals surface area (Å²) in [4.78, 5) is 0. The molecule has 2 aromatic rings. The van der Waals surface area contributed by atoms with Crippen molar-refractivity contribution in [3.63, 3.8) is 0 Å². The summed E-state index contributed by atoms with van der Waals surface area (Å²) in [5, 5.41) is 8.67. The SMILES string of the molecule is COc1ccsc1S(=O)(=O)NCCc1c(C)n[nH]c1C. The minimum Gasteiger partial charge on any atom is -0.494 e. The molecule has 2 N–H and O–H groups in total. The fraction of sp³-hybridized carbons (Fsp3) is 0.417. The number of sulfonamides is 1. The Morgan fingerprint density at radius 2 is 2.20 bits per heavy atom. The molecule has 0 aliphatic carbocycles. The molecule has 0 atom stereocenters. The predicted octanol–water partition coefficient (Wildman–Crippen LogP) is 1.62. The summed E-state index contributed by atoms with van der Waals surface area (Å²) >= 11 is 1.14. The molecule has 2 rings (SSSR count). The van der Waals surface area contributed by atoms with Gasteiger partial charge in [-0.1, -0.05) is 0 Å². The molecule has 0 bridgehead atoms. The summed E-state index contributed by atoms with van der Waals surface area (Å²) in [6, 6.07) is 1.64. The van der Waals surface area contributed by atoms with Crippen LogP contribution in [0.3, 0.4) is 0 Å². The van der Waals surface area contributed by atoms with E-state index in [-0.39, 0.29) is 4.21 Å². The maximum absolute atomic E-state index is 12.2. The van der Waals surface area contributed by atoms with Crippen molar-refractivity contribution in [2.45, 2.75) is 24.5 Å². The van der Waals surface area contributed by atoms with Crippen LogP contribution in [-0.4, -0.2) is 32.3 Å². The zero-order valence-corrected chi connectivity index (χ0v) is 13.2. The molecular weight excluding hydrogens is 298 g/mol. The van der Waals surface area contributed by atoms with E-state index in [0.29, 0.717) is 18.7 Å². The number of nitrogens with one attached hydrogen (secondary N) is 2. The average Bonchev–Trinajstić information content (AvgIpc) is 3.00. The molecule has 6 nitrogen and oxygen atoms in total. The lowest BCUT2D eigenvalue weighted by Gasteiger charge is -2.07. The van der Waals surface area contributed by atoms with E-state index in [1.807, 2.05) is 13.8 Å². The van der Waals surface area contributed by atoms with E-state index in [1.165, 1.54) is 7.11 Å². The Labute approximate surface area is 122 Å². The maximum atomic E-state index is 12.2. The van der Waals surface area contributed by atoms with Gasteiger partial charge in [-0.2, -0.15) is 5.10 Å². The largest absolute Gasteiger partial charge is 0.494 e. The molecule has 0 aliphatic rings. The lowest BCUT2D eigenvalue weighted by molar-refractivity contribution is 0.406. The fourth-order valence-corrected chi connectivity index (χ4v) is 4.30. The van der Waals surface area contributed by atoms with Gasteiger partial charge in [-0.15, -0.1) is 11.3 Å². The Hall–Kier alpha value is -1.38. The van der Waals surface area contributed by atoms with Crippen LogP contribution in [0.15, 0.2) is 15.7 Å². The quantitative estimate of drug-likeness (QED) is 0.848. The van der Waals surface area contributed by atoms with Crippen molar-refractivity contribution in [2.75, 3.05) is 13.7 Å².